The van der Waals surface area contributed by atoms with Gasteiger partial charge < -0.3 is 15.3 Å². The normalized spacial score (nSPS) is 19.9. The number of hydrogen-bond acceptors (Lipinski definition) is 5. The summed E-state index contributed by atoms with van der Waals surface area (Å²) in [5, 5.41) is 23.3. The van der Waals surface area contributed by atoms with Gasteiger partial charge in [0, 0.05) is 78.1 Å². The second kappa shape index (κ2) is 8.91. The highest BCUT2D eigenvalue weighted by atomic mass is 79.9. The van der Waals surface area contributed by atoms with Gasteiger partial charge in [-0.2, -0.15) is 5.10 Å². The van der Waals surface area contributed by atoms with Crippen molar-refractivity contribution in [2.45, 2.75) is 38.2 Å². The number of hydrogen-bond donors (Lipinski definition) is 3. The third-order valence-electron chi connectivity index (χ3n) is 7.60. The van der Waals surface area contributed by atoms with E-state index in [2.05, 4.69) is 49.4 Å². The molecule has 7 nitrogen and oxygen atoms in total. The first-order valence-electron chi connectivity index (χ1n) is 11.8. The molecule has 2 aliphatic rings. The van der Waals surface area contributed by atoms with Crippen LogP contribution in [0.4, 0.5) is 0 Å². The summed E-state index contributed by atoms with van der Waals surface area (Å²) in [5.41, 5.74) is 2.82. The summed E-state index contributed by atoms with van der Waals surface area (Å²) in [6, 6.07) is 12.0. The Hall–Kier alpha value is -2.55. The molecule has 4 heterocycles. The number of halogens is 1. The zero-order valence-corrected chi connectivity index (χ0v) is 21.1. The second-order valence-electron chi connectivity index (χ2n) is 9.83. The van der Waals surface area contributed by atoms with Crippen LogP contribution in [0.25, 0.3) is 11.3 Å². The lowest BCUT2D eigenvalue weighted by molar-refractivity contribution is -0.129. The molecule has 0 spiro atoms. The number of pyridine rings is 1. The molecule has 2 saturated heterocycles. The maximum atomic E-state index is 12.2. The van der Waals surface area contributed by atoms with Crippen LogP contribution in [-0.4, -0.2) is 57.3 Å². The van der Waals surface area contributed by atoms with E-state index >= 15 is 0 Å². The van der Waals surface area contributed by atoms with Crippen LogP contribution < -0.4 is 5.32 Å². The van der Waals surface area contributed by atoms with Crippen molar-refractivity contribution in [1.82, 2.24) is 25.4 Å². The average molecular weight is 524 g/mol. The predicted molar refractivity (Wildman–Crippen MR) is 134 cm³/mol. The second-order valence-corrected chi connectivity index (χ2v) is 10.7. The molecule has 0 saturated carbocycles. The Morgan fingerprint density at radius 1 is 1.15 bits per heavy atom. The van der Waals surface area contributed by atoms with Gasteiger partial charge in [-0.05, 0) is 42.7 Å². The van der Waals surface area contributed by atoms with Crippen molar-refractivity contribution in [3.63, 3.8) is 0 Å². The van der Waals surface area contributed by atoms with Gasteiger partial charge in [-0.15, -0.1) is 0 Å². The molecule has 8 heteroatoms. The lowest BCUT2D eigenvalue weighted by Crippen LogP contribution is -2.63. The van der Waals surface area contributed by atoms with Crippen molar-refractivity contribution in [3.05, 3.63) is 70.1 Å². The largest absolute Gasteiger partial charge is 0.380 e. The minimum atomic E-state index is -1.19. The van der Waals surface area contributed by atoms with Crippen LogP contribution >= 0.6 is 15.9 Å². The van der Waals surface area contributed by atoms with E-state index in [9.17, 15) is 9.90 Å². The number of nitrogens with zero attached hydrogens (tertiary/aromatic N) is 3. The van der Waals surface area contributed by atoms with Gasteiger partial charge in [0.05, 0.1) is 5.69 Å². The monoisotopic (exact) mass is 523 g/mol. The van der Waals surface area contributed by atoms with E-state index in [0.717, 1.165) is 71.6 Å². The molecule has 3 aromatic rings. The number of rotatable bonds is 5. The van der Waals surface area contributed by atoms with Crippen LogP contribution in [0.3, 0.4) is 0 Å². The smallest absolute Gasteiger partial charge is 0.219 e. The van der Waals surface area contributed by atoms with E-state index in [4.69, 9.17) is 0 Å². The van der Waals surface area contributed by atoms with Gasteiger partial charge in [-0.25, -0.2) is 0 Å². The lowest BCUT2D eigenvalue weighted by atomic mass is 9.63. The van der Waals surface area contributed by atoms with E-state index in [1.807, 2.05) is 35.2 Å². The number of aliphatic hydroxyl groups is 1. The van der Waals surface area contributed by atoms with Crippen molar-refractivity contribution in [3.8, 4) is 11.3 Å². The summed E-state index contributed by atoms with van der Waals surface area (Å²) in [6.07, 6.45) is 5.41. The SMILES string of the molecule is CC(=O)N1CCC(c2cc(-c3cncc([C@@](O)(c4ccc(Br)cc4)C4(C)CNC4)c3)n[nH]2)CC1. The van der Waals surface area contributed by atoms with Gasteiger partial charge in [0.15, 0.2) is 0 Å². The summed E-state index contributed by atoms with van der Waals surface area (Å²) in [5.74, 6) is 0.493. The molecule has 1 amide bonds. The van der Waals surface area contributed by atoms with E-state index < -0.39 is 5.60 Å². The molecule has 0 radical (unpaired) electrons. The number of benzene rings is 1. The van der Waals surface area contributed by atoms with Gasteiger partial charge in [0.1, 0.15) is 5.60 Å². The van der Waals surface area contributed by atoms with Gasteiger partial charge in [-0.3, -0.25) is 14.9 Å². The molecule has 1 atom stereocenters. The van der Waals surface area contributed by atoms with Crippen molar-refractivity contribution in [1.29, 1.82) is 0 Å². The number of carbonyl (C=O) groups is 1. The quantitative estimate of drug-likeness (QED) is 0.472. The van der Waals surface area contributed by atoms with Crippen LogP contribution in [0, 0.1) is 5.41 Å². The highest BCUT2D eigenvalue weighted by Gasteiger charge is 2.53. The molecule has 5 rings (SSSR count). The molecule has 1 aromatic carbocycles. The third kappa shape index (κ3) is 3.97. The van der Waals surface area contributed by atoms with Crippen LogP contribution in [-0.2, 0) is 10.4 Å². The Morgan fingerprint density at radius 3 is 2.47 bits per heavy atom. The van der Waals surface area contributed by atoms with Crippen molar-refractivity contribution in [2.24, 2.45) is 5.41 Å². The predicted octanol–water partition coefficient (Wildman–Crippen LogP) is 3.81. The minimum Gasteiger partial charge on any atom is -0.380 e. The van der Waals surface area contributed by atoms with Gasteiger partial charge in [0.2, 0.25) is 5.91 Å². The first-order chi connectivity index (χ1) is 16.3. The number of nitrogens with one attached hydrogen (secondary N) is 2. The highest BCUT2D eigenvalue weighted by molar-refractivity contribution is 9.10. The summed E-state index contributed by atoms with van der Waals surface area (Å²) in [6.45, 7) is 6.73. The van der Waals surface area contributed by atoms with Crippen LogP contribution in [0.1, 0.15) is 49.4 Å². The fourth-order valence-corrected chi connectivity index (χ4v) is 5.55. The standard InChI is InChI=1S/C26H30BrN5O2/c1-17(33)32-9-7-18(8-10-32)23-12-24(31-30-23)19-11-21(14-28-13-19)26(34,25(2)15-29-16-25)20-3-5-22(27)6-4-20/h3-6,11-14,18,29,34H,7-10,15-16H2,1-2H3,(H,30,31)/t26-/m0/s1. The Morgan fingerprint density at radius 2 is 1.85 bits per heavy atom. The Bertz CT molecular complexity index is 1180. The van der Waals surface area contributed by atoms with Crippen molar-refractivity contribution < 1.29 is 9.90 Å². The maximum absolute atomic E-state index is 12.2. The molecule has 178 valence electrons. The molecule has 0 bridgehead atoms. The molecule has 2 aromatic heterocycles. The number of aromatic amines is 1. The first-order valence-corrected chi connectivity index (χ1v) is 12.6. The van der Waals surface area contributed by atoms with Gasteiger partial charge >= 0.3 is 0 Å². The van der Waals surface area contributed by atoms with Crippen LogP contribution in [0.15, 0.2) is 53.3 Å². The Balaban J connectivity index is 1.45. The highest BCUT2D eigenvalue weighted by Crippen LogP contribution is 2.48. The maximum Gasteiger partial charge on any atom is 0.219 e. The number of amides is 1. The zero-order valence-electron chi connectivity index (χ0n) is 19.5. The summed E-state index contributed by atoms with van der Waals surface area (Å²) in [7, 11) is 0. The minimum absolute atomic E-state index is 0.139. The fourth-order valence-electron chi connectivity index (χ4n) is 5.29. The van der Waals surface area contributed by atoms with Crippen LogP contribution in [0.2, 0.25) is 0 Å². The van der Waals surface area contributed by atoms with Crippen LogP contribution in [0.5, 0.6) is 0 Å². The third-order valence-corrected chi connectivity index (χ3v) is 8.12. The number of aromatic nitrogens is 3. The summed E-state index contributed by atoms with van der Waals surface area (Å²) < 4.78 is 0.973. The molecule has 34 heavy (non-hydrogen) atoms. The molecule has 2 aliphatic heterocycles. The summed E-state index contributed by atoms with van der Waals surface area (Å²) in [4.78, 5) is 18.0. The Kier molecular flexibility index (Phi) is 6.08. The Labute approximate surface area is 208 Å². The molecular weight excluding hydrogens is 494 g/mol. The molecule has 0 aliphatic carbocycles. The number of likely N-dealkylation sites (tertiary alicyclic amines) is 1. The van der Waals surface area contributed by atoms with E-state index in [0.29, 0.717) is 5.92 Å². The number of piperidine rings is 1. The van der Waals surface area contributed by atoms with E-state index in [1.54, 1.807) is 19.3 Å². The molecule has 0 unspecified atom stereocenters. The zero-order chi connectivity index (χ0) is 23.9. The topological polar surface area (TPSA) is 94.1 Å². The van der Waals surface area contributed by atoms with Gasteiger partial charge in [-0.1, -0.05) is 35.0 Å². The summed E-state index contributed by atoms with van der Waals surface area (Å²) >= 11 is 3.50. The van der Waals surface area contributed by atoms with Crippen molar-refractivity contribution in [2.75, 3.05) is 26.2 Å². The number of carbonyl (C=O) groups excluding carboxylic acids is 1. The fraction of sp³-hybridized carbons (Fsp3) is 0.423. The number of H-pyrrole nitrogens is 1. The van der Waals surface area contributed by atoms with Crippen molar-refractivity contribution >= 4 is 21.8 Å². The van der Waals surface area contributed by atoms with E-state index in [1.165, 1.54) is 0 Å². The molecule has 2 fully saturated rings. The first kappa shape index (κ1) is 23.2. The molecular formula is C26H30BrN5O2. The average Bonchev–Trinajstić information content (AvgIpc) is 3.33. The van der Waals surface area contributed by atoms with Gasteiger partial charge in [0.25, 0.3) is 0 Å². The lowest BCUT2D eigenvalue weighted by Gasteiger charge is -2.52. The molecule has 3 N–H and O–H groups in total. The van der Waals surface area contributed by atoms with E-state index in [-0.39, 0.29) is 11.3 Å².